The second-order valence-electron chi connectivity index (χ2n) is 5.30. The van der Waals surface area contributed by atoms with E-state index in [9.17, 15) is 19.7 Å². The molecule has 1 aromatic rings. The topological polar surface area (TPSA) is 80.5 Å². The van der Waals surface area contributed by atoms with Crippen LogP contribution in [-0.4, -0.2) is 34.1 Å². The van der Waals surface area contributed by atoms with E-state index in [-0.39, 0.29) is 22.7 Å². The molecule has 7 heteroatoms. The SMILES string of the molecule is CC(=O)CC1CCCCCN1C(=O)c1ccc([N+](=O)[O-])s1. The molecule has 2 rings (SSSR count). The highest BCUT2D eigenvalue weighted by atomic mass is 32.1. The molecule has 0 N–H and O–H groups in total. The molecule has 6 nitrogen and oxygen atoms in total. The number of thiophene rings is 1. The van der Waals surface area contributed by atoms with Crippen LogP contribution in [0, 0.1) is 10.1 Å². The molecule has 2 heterocycles. The number of hydrogen-bond donors (Lipinski definition) is 0. The third kappa shape index (κ3) is 3.87. The van der Waals surface area contributed by atoms with Crippen molar-refractivity contribution < 1.29 is 14.5 Å². The van der Waals surface area contributed by atoms with E-state index in [4.69, 9.17) is 0 Å². The second-order valence-corrected chi connectivity index (χ2v) is 6.37. The first-order chi connectivity index (χ1) is 9.99. The van der Waals surface area contributed by atoms with Crippen LogP contribution in [-0.2, 0) is 4.79 Å². The van der Waals surface area contributed by atoms with Crippen LogP contribution in [0.2, 0.25) is 0 Å². The van der Waals surface area contributed by atoms with E-state index < -0.39 is 4.92 Å². The van der Waals surface area contributed by atoms with Gasteiger partial charge in [-0.05, 0) is 25.8 Å². The van der Waals surface area contributed by atoms with Crippen LogP contribution in [0.25, 0.3) is 0 Å². The lowest BCUT2D eigenvalue weighted by atomic mass is 10.0. The fraction of sp³-hybridized carbons (Fsp3) is 0.571. The van der Waals surface area contributed by atoms with Gasteiger partial charge in [0.05, 0.1) is 9.80 Å². The van der Waals surface area contributed by atoms with E-state index in [0.29, 0.717) is 17.8 Å². The van der Waals surface area contributed by atoms with Crippen LogP contribution in [0.1, 0.15) is 48.7 Å². The van der Waals surface area contributed by atoms with Gasteiger partial charge >= 0.3 is 5.00 Å². The first-order valence-electron chi connectivity index (χ1n) is 7.03. The molecule has 0 spiro atoms. The maximum absolute atomic E-state index is 12.6. The summed E-state index contributed by atoms with van der Waals surface area (Å²) in [6.45, 7) is 2.14. The highest BCUT2D eigenvalue weighted by molar-refractivity contribution is 7.17. The van der Waals surface area contributed by atoms with E-state index in [1.807, 2.05) is 0 Å². The Hall–Kier alpha value is -1.76. The Morgan fingerprint density at radius 3 is 2.76 bits per heavy atom. The zero-order valence-corrected chi connectivity index (χ0v) is 12.7. The number of rotatable bonds is 4. The third-order valence-electron chi connectivity index (χ3n) is 3.64. The van der Waals surface area contributed by atoms with Crippen molar-refractivity contribution in [2.45, 2.75) is 45.1 Å². The number of carbonyl (C=O) groups excluding carboxylic acids is 2. The highest BCUT2D eigenvalue weighted by Gasteiger charge is 2.28. The number of carbonyl (C=O) groups is 2. The first-order valence-corrected chi connectivity index (χ1v) is 7.85. The van der Waals surface area contributed by atoms with Gasteiger partial charge < -0.3 is 4.90 Å². The number of nitro groups is 1. The lowest BCUT2D eigenvalue weighted by Crippen LogP contribution is -2.40. The van der Waals surface area contributed by atoms with Crippen LogP contribution < -0.4 is 0 Å². The van der Waals surface area contributed by atoms with Crippen molar-refractivity contribution >= 4 is 28.0 Å². The third-order valence-corrected chi connectivity index (χ3v) is 4.67. The Balaban J connectivity index is 2.19. The fourth-order valence-corrected chi connectivity index (χ4v) is 3.45. The van der Waals surface area contributed by atoms with Crippen LogP contribution in [0.15, 0.2) is 12.1 Å². The average molecular weight is 310 g/mol. The largest absolute Gasteiger partial charge is 0.335 e. The van der Waals surface area contributed by atoms with Crippen molar-refractivity contribution in [1.29, 1.82) is 0 Å². The number of hydrogen-bond acceptors (Lipinski definition) is 5. The standard InChI is InChI=1S/C14H18N2O4S/c1-10(17)9-11-5-3-2-4-8-15(11)14(18)12-6-7-13(21-12)16(19)20/h6-7,11H,2-5,8-9H2,1H3. The summed E-state index contributed by atoms with van der Waals surface area (Å²) in [6, 6.07) is 2.77. The van der Waals surface area contributed by atoms with Gasteiger partial charge in [0, 0.05) is 25.1 Å². The quantitative estimate of drug-likeness (QED) is 0.632. The summed E-state index contributed by atoms with van der Waals surface area (Å²) in [5.41, 5.74) is 0. The molecule has 21 heavy (non-hydrogen) atoms. The Morgan fingerprint density at radius 1 is 1.38 bits per heavy atom. The molecule has 1 amide bonds. The average Bonchev–Trinajstić information content (AvgIpc) is 2.80. The summed E-state index contributed by atoms with van der Waals surface area (Å²) in [7, 11) is 0. The minimum atomic E-state index is -0.489. The summed E-state index contributed by atoms with van der Waals surface area (Å²) >= 11 is 0.895. The summed E-state index contributed by atoms with van der Waals surface area (Å²) in [4.78, 5) is 36.3. The molecule has 1 aliphatic rings. The van der Waals surface area contributed by atoms with E-state index >= 15 is 0 Å². The molecule has 0 aliphatic carbocycles. The summed E-state index contributed by atoms with van der Waals surface area (Å²) < 4.78 is 0. The van der Waals surface area contributed by atoms with Crippen LogP contribution in [0.5, 0.6) is 0 Å². The fourth-order valence-electron chi connectivity index (χ4n) is 2.67. The van der Waals surface area contributed by atoms with Gasteiger partial charge in [0.2, 0.25) is 0 Å². The first kappa shape index (κ1) is 15.6. The molecule has 1 aromatic heterocycles. The Kier molecular flexibility index (Phi) is 5.06. The van der Waals surface area contributed by atoms with Gasteiger partial charge in [-0.15, -0.1) is 0 Å². The van der Waals surface area contributed by atoms with Gasteiger partial charge in [0.15, 0.2) is 0 Å². The van der Waals surface area contributed by atoms with Crippen molar-refractivity contribution in [3.63, 3.8) is 0 Å². The van der Waals surface area contributed by atoms with Crippen molar-refractivity contribution in [1.82, 2.24) is 4.90 Å². The molecule has 0 aromatic carbocycles. The van der Waals surface area contributed by atoms with E-state index in [2.05, 4.69) is 0 Å². The van der Waals surface area contributed by atoms with Crippen molar-refractivity contribution in [3.05, 3.63) is 27.1 Å². The summed E-state index contributed by atoms with van der Waals surface area (Å²) in [6.07, 6.45) is 4.14. The maximum Gasteiger partial charge on any atom is 0.324 e. The Morgan fingerprint density at radius 2 is 2.14 bits per heavy atom. The predicted molar refractivity (Wildman–Crippen MR) is 79.6 cm³/mol. The van der Waals surface area contributed by atoms with Crippen LogP contribution >= 0.6 is 11.3 Å². The van der Waals surface area contributed by atoms with E-state index in [1.54, 1.807) is 4.90 Å². The predicted octanol–water partition coefficient (Wildman–Crippen LogP) is 3.02. The van der Waals surface area contributed by atoms with Crippen LogP contribution in [0.4, 0.5) is 5.00 Å². The van der Waals surface area contributed by atoms with Gasteiger partial charge in [-0.1, -0.05) is 24.2 Å². The number of nitrogens with zero attached hydrogens (tertiary/aromatic N) is 2. The van der Waals surface area contributed by atoms with Crippen molar-refractivity contribution in [2.75, 3.05) is 6.54 Å². The molecule has 1 saturated heterocycles. The molecule has 0 radical (unpaired) electrons. The normalized spacial score (nSPS) is 19.1. The minimum Gasteiger partial charge on any atom is -0.335 e. The van der Waals surface area contributed by atoms with Gasteiger partial charge in [0.25, 0.3) is 5.91 Å². The van der Waals surface area contributed by atoms with Crippen LogP contribution in [0.3, 0.4) is 0 Å². The molecule has 0 saturated carbocycles. The molecular formula is C14H18N2O4S. The zero-order valence-electron chi connectivity index (χ0n) is 11.9. The molecule has 0 bridgehead atoms. The Labute approximate surface area is 126 Å². The van der Waals surface area contributed by atoms with E-state index in [0.717, 1.165) is 37.0 Å². The zero-order chi connectivity index (χ0) is 15.4. The van der Waals surface area contributed by atoms with E-state index in [1.165, 1.54) is 19.1 Å². The number of amides is 1. The summed E-state index contributed by atoms with van der Waals surface area (Å²) in [5.74, 6) is -0.127. The van der Waals surface area contributed by atoms with Crippen molar-refractivity contribution in [2.24, 2.45) is 0 Å². The Bertz CT molecular complexity index is 555. The van der Waals surface area contributed by atoms with Gasteiger partial charge in [0.1, 0.15) is 5.78 Å². The number of ketones is 1. The summed E-state index contributed by atoms with van der Waals surface area (Å²) in [5, 5.41) is 10.7. The van der Waals surface area contributed by atoms with Gasteiger partial charge in [-0.2, -0.15) is 0 Å². The lowest BCUT2D eigenvalue weighted by Gasteiger charge is -2.29. The molecular weight excluding hydrogens is 292 g/mol. The molecule has 1 unspecified atom stereocenters. The monoisotopic (exact) mass is 310 g/mol. The molecule has 1 atom stereocenters. The van der Waals surface area contributed by atoms with Gasteiger partial charge in [-0.3, -0.25) is 19.7 Å². The number of likely N-dealkylation sites (tertiary alicyclic amines) is 1. The number of Topliss-reactive ketones (excluding diaryl/α,β-unsaturated/α-hetero) is 1. The maximum atomic E-state index is 12.6. The molecule has 1 aliphatic heterocycles. The smallest absolute Gasteiger partial charge is 0.324 e. The van der Waals surface area contributed by atoms with Crippen molar-refractivity contribution in [3.8, 4) is 0 Å². The highest BCUT2D eigenvalue weighted by Crippen LogP contribution is 2.28. The molecule has 1 fully saturated rings. The molecule has 114 valence electrons. The lowest BCUT2D eigenvalue weighted by molar-refractivity contribution is -0.380. The second kappa shape index (κ2) is 6.80. The minimum absolute atomic E-state index is 0.0312. The van der Waals surface area contributed by atoms with Gasteiger partial charge in [-0.25, -0.2) is 0 Å².